The Balaban J connectivity index is 1.62. The summed E-state index contributed by atoms with van der Waals surface area (Å²) in [6, 6.07) is 15.9. The molecule has 3 aromatic carbocycles. The number of hydrogen-bond acceptors (Lipinski definition) is 8. The third-order valence-corrected chi connectivity index (χ3v) is 6.13. The van der Waals surface area contributed by atoms with Crippen LogP contribution < -0.4 is 14.4 Å². The first-order valence-electron chi connectivity index (χ1n) is 11.7. The zero-order chi connectivity index (χ0) is 26.1. The minimum absolute atomic E-state index is 0.00586. The van der Waals surface area contributed by atoms with Gasteiger partial charge in [0.1, 0.15) is 24.7 Å². The molecule has 2 aliphatic rings. The average molecular weight is 501 g/mol. The number of rotatable bonds is 5. The summed E-state index contributed by atoms with van der Waals surface area (Å²) >= 11 is 0. The van der Waals surface area contributed by atoms with E-state index >= 15 is 0 Å². The van der Waals surface area contributed by atoms with Crippen molar-refractivity contribution in [1.29, 1.82) is 0 Å². The van der Waals surface area contributed by atoms with Crippen LogP contribution in [0.15, 0.2) is 72.3 Å². The number of ketones is 1. The molecule has 2 aliphatic heterocycles. The van der Waals surface area contributed by atoms with Gasteiger partial charge in [-0.05, 0) is 67.1 Å². The van der Waals surface area contributed by atoms with Crippen LogP contribution in [0.1, 0.15) is 34.5 Å². The molecular weight excluding hydrogens is 478 g/mol. The number of fused-ring (bicyclic) bond motifs is 1. The van der Waals surface area contributed by atoms with Crippen molar-refractivity contribution in [1.82, 2.24) is 0 Å². The van der Waals surface area contributed by atoms with Crippen LogP contribution in [0.2, 0.25) is 0 Å². The van der Waals surface area contributed by atoms with E-state index in [9.17, 15) is 24.6 Å². The minimum atomic E-state index is -0.998. The number of benzene rings is 3. The normalized spacial score (nSPS) is 18.1. The van der Waals surface area contributed by atoms with E-state index in [2.05, 4.69) is 0 Å². The van der Waals surface area contributed by atoms with Crippen molar-refractivity contribution in [2.75, 3.05) is 24.7 Å². The van der Waals surface area contributed by atoms with Crippen LogP contribution in [-0.4, -0.2) is 47.7 Å². The number of carbonyl (C=O) groups excluding carboxylic acids is 3. The Labute approximate surface area is 212 Å². The van der Waals surface area contributed by atoms with Gasteiger partial charge in [-0.25, -0.2) is 4.79 Å². The molecule has 2 heterocycles. The van der Waals surface area contributed by atoms with Gasteiger partial charge < -0.3 is 24.4 Å². The summed E-state index contributed by atoms with van der Waals surface area (Å²) in [6.45, 7) is 2.66. The molecule has 0 bridgehead atoms. The number of nitrogens with zero attached hydrogens (tertiary/aromatic N) is 1. The lowest BCUT2D eigenvalue weighted by atomic mass is 9.95. The van der Waals surface area contributed by atoms with Gasteiger partial charge in [0.15, 0.2) is 11.5 Å². The maximum Gasteiger partial charge on any atom is 0.338 e. The van der Waals surface area contributed by atoms with Gasteiger partial charge in [0.05, 0.1) is 23.8 Å². The summed E-state index contributed by atoms with van der Waals surface area (Å²) < 4.78 is 16.1. The van der Waals surface area contributed by atoms with E-state index in [1.807, 2.05) is 0 Å². The predicted molar refractivity (Wildman–Crippen MR) is 133 cm³/mol. The van der Waals surface area contributed by atoms with Gasteiger partial charge in [0.2, 0.25) is 0 Å². The van der Waals surface area contributed by atoms with E-state index in [-0.39, 0.29) is 29.3 Å². The lowest BCUT2D eigenvalue weighted by Crippen LogP contribution is -2.29. The first kappa shape index (κ1) is 23.9. The molecule has 1 unspecified atom stereocenters. The van der Waals surface area contributed by atoms with Crippen molar-refractivity contribution in [3.05, 3.63) is 89.0 Å². The second kappa shape index (κ2) is 9.69. The highest BCUT2D eigenvalue weighted by molar-refractivity contribution is 6.51. The second-order valence-electron chi connectivity index (χ2n) is 8.39. The van der Waals surface area contributed by atoms with Crippen LogP contribution in [0.5, 0.6) is 17.2 Å². The minimum Gasteiger partial charge on any atom is -0.508 e. The van der Waals surface area contributed by atoms with Crippen molar-refractivity contribution in [2.24, 2.45) is 0 Å². The molecule has 9 nitrogen and oxygen atoms in total. The summed E-state index contributed by atoms with van der Waals surface area (Å²) in [5.41, 5.74) is 1.28. The highest BCUT2D eigenvalue weighted by atomic mass is 16.6. The number of amides is 1. The fraction of sp³-hybridized carbons (Fsp3) is 0.179. The Kier molecular flexibility index (Phi) is 6.27. The van der Waals surface area contributed by atoms with Gasteiger partial charge in [0.25, 0.3) is 11.7 Å². The molecular formula is C28H23NO8. The van der Waals surface area contributed by atoms with Gasteiger partial charge in [0, 0.05) is 11.3 Å². The van der Waals surface area contributed by atoms with E-state index in [1.165, 1.54) is 41.3 Å². The van der Waals surface area contributed by atoms with Crippen molar-refractivity contribution in [3.8, 4) is 17.2 Å². The number of phenols is 1. The van der Waals surface area contributed by atoms with Crippen molar-refractivity contribution < 1.29 is 38.8 Å². The number of aliphatic hydroxyl groups is 1. The summed E-state index contributed by atoms with van der Waals surface area (Å²) in [5.74, 6) is -1.67. The number of aromatic hydroxyl groups is 1. The van der Waals surface area contributed by atoms with Crippen LogP contribution in [-0.2, 0) is 14.3 Å². The maximum atomic E-state index is 13.3. The number of Topliss-reactive ketones (excluding diaryl/α,β-unsaturated/α-hetero) is 1. The lowest BCUT2D eigenvalue weighted by molar-refractivity contribution is -0.132. The van der Waals surface area contributed by atoms with Crippen LogP contribution in [0, 0.1) is 0 Å². The van der Waals surface area contributed by atoms with E-state index in [0.717, 1.165) is 0 Å². The first-order chi connectivity index (χ1) is 17.9. The van der Waals surface area contributed by atoms with E-state index in [0.29, 0.717) is 41.5 Å². The molecule has 0 saturated carbocycles. The molecule has 3 aromatic rings. The van der Waals surface area contributed by atoms with Gasteiger partial charge in [-0.2, -0.15) is 0 Å². The third-order valence-electron chi connectivity index (χ3n) is 6.13. The van der Waals surface area contributed by atoms with Crippen LogP contribution in [0.3, 0.4) is 0 Å². The summed E-state index contributed by atoms with van der Waals surface area (Å²) in [7, 11) is 0. The number of anilines is 1. The number of hydrogen-bond donors (Lipinski definition) is 2. The van der Waals surface area contributed by atoms with Crippen molar-refractivity contribution in [3.63, 3.8) is 0 Å². The maximum absolute atomic E-state index is 13.3. The Morgan fingerprint density at radius 2 is 1.59 bits per heavy atom. The zero-order valence-corrected chi connectivity index (χ0v) is 19.8. The number of ether oxygens (including phenoxy) is 3. The molecule has 1 saturated heterocycles. The summed E-state index contributed by atoms with van der Waals surface area (Å²) in [6.07, 6.45) is 0. The topological polar surface area (TPSA) is 123 Å². The van der Waals surface area contributed by atoms with Gasteiger partial charge in [-0.15, -0.1) is 0 Å². The third kappa shape index (κ3) is 4.35. The fourth-order valence-electron chi connectivity index (χ4n) is 4.39. The molecule has 2 N–H and O–H groups in total. The number of esters is 1. The standard InChI is InChI=1S/C28H23NO8/c1-2-35-28(34)17-3-8-19(9-4-17)29-24(16-5-10-20(30)11-6-16)23(26(32)27(29)33)25(31)18-7-12-21-22(15-18)37-14-13-36-21/h3-12,15,24,30-31H,2,13-14H2,1H3/b25-23-. The molecule has 1 atom stereocenters. The Morgan fingerprint density at radius 1 is 0.946 bits per heavy atom. The highest BCUT2D eigenvalue weighted by Gasteiger charge is 2.47. The van der Waals surface area contributed by atoms with E-state index in [4.69, 9.17) is 14.2 Å². The molecule has 0 aromatic heterocycles. The van der Waals surface area contributed by atoms with Crippen molar-refractivity contribution in [2.45, 2.75) is 13.0 Å². The fourth-order valence-corrected chi connectivity index (χ4v) is 4.39. The Morgan fingerprint density at radius 3 is 2.27 bits per heavy atom. The molecule has 1 fully saturated rings. The largest absolute Gasteiger partial charge is 0.508 e. The average Bonchev–Trinajstić information content (AvgIpc) is 3.18. The molecule has 9 heteroatoms. The van der Waals surface area contributed by atoms with Crippen LogP contribution in [0.25, 0.3) is 5.76 Å². The zero-order valence-electron chi connectivity index (χ0n) is 19.8. The highest BCUT2D eigenvalue weighted by Crippen LogP contribution is 2.43. The Hall–Kier alpha value is -4.79. The molecule has 188 valence electrons. The number of phenolic OH excluding ortho intramolecular Hbond substituents is 1. The smallest absolute Gasteiger partial charge is 0.338 e. The SMILES string of the molecule is CCOC(=O)c1ccc(N2C(=O)C(=O)/C(=C(\O)c3ccc4c(c3)OCCO4)C2c2ccc(O)cc2)cc1. The van der Waals surface area contributed by atoms with Gasteiger partial charge in [-0.3, -0.25) is 14.5 Å². The van der Waals surface area contributed by atoms with E-state index in [1.54, 1.807) is 37.3 Å². The summed E-state index contributed by atoms with van der Waals surface area (Å²) in [5, 5.41) is 21.1. The summed E-state index contributed by atoms with van der Waals surface area (Å²) in [4.78, 5) is 39.9. The van der Waals surface area contributed by atoms with Crippen LogP contribution in [0.4, 0.5) is 5.69 Å². The second-order valence-corrected chi connectivity index (χ2v) is 8.39. The molecule has 0 spiro atoms. The number of aliphatic hydroxyl groups excluding tert-OH is 1. The van der Waals surface area contributed by atoms with Gasteiger partial charge >= 0.3 is 5.97 Å². The lowest BCUT2D eigenvalue weighted by Gasteiger charge is -2.25. The number of carbonyl (C=O) groups is 3. The van der Waals surface area contributed by atoms with Crippen molar-refractivity contribution >= 4 is 29.1 Å². The molecule has 1 amide bonds. The quantitative estimate of drug-likeness (QED) is 0.233. The molecule has 5 rings (SSSR count). The predicted octanol–water partition coefficient (Wildman–Crippen LogP) is 3.97. The molecule has 0 aliphatic carbocycles. The van der Waals surface area contributed by atoms with Crippen LogP contribution >= 0.6 is 0 Å². The molecule has 37 heavy (non-hydrogen) atoms. The monoisotopic (exact) mass is 501 g/mol. The van der Waals surface area contributed by atoms with E-state index < -0.39 is 23.7 Å². The Bertz CT molecular complexity index is 1410. The van der Waals surface area contributed by atoms with Gasteiger partial charge in [-0.1, -0.05) is 12.1 Å². The first-order valence-corrected chi connectivity index (χ1v) is 11.7. The molecule has 0 radical (unpaired) electrons.